The van der Waals surface area contributed by atoms with E-state index in [0.29, 0.717) is 51.7 Å². The van der Waals surface area contributed by atoms with Gasteiger partial charge in [-0.1, -0.05) is 30.3 Å². The fraction of sp³-hybridized carbons (Fsp3) is 0.192. The SMILES string of the molecule is CCn1ncc2c(C(=O)N3CSCC3C(=O)Nc3ccc(C#N)cc3)cc(-c3ccccc3)nc21. The first kappa shape index (κ1) is 22.6. The standard InChI is InChI=1S/C26H22N6O2S/c1-2-32-24-21(14-28-32)20(12-22(30-24)18-6-4-3-5-7-18)26(34)31-16-35-15-23(31)25(33)29-19-10-8-17(13-27)9-11-19/h3-12,14,23H,2,15-16H2,1H3,(H,29,33). The molecule has 4 aromatic rings. The summed E-state index contributed by atoms with van der Waals surface area (Å²) in [5.74, 6) is 0.430. The number of carbonyl (C=O) groups is 2. The lowest BCUT2D eigenvalue weighted by atomic mass is 10.1. The van der Waals surface area contributed by atoms with E-state index in [0.717, 1.165) is 5.56 Å². The van der Waals surface area contributed by atoms with Crippen LogP contribution >= 0.6 is 11.8 Å². The Balaban J connectivity index is 1.48. The van der Waals surface area contributed by atoms with Crippen LogP contribution in [0.1, 0.15) is 22.8 Å². The molecular formula is C26H22N6O2S. The first-order valence-corrected chi connectivity index (χ1v) is 12.4. The summed E-state index contributed by atoms with van der Waals surface area (Å²) in [7, 11) is 0. The van der Waals surface area contributed by atoms with E-state index in [1.807, 2.05) is 37.3 Å². The minimum Gasteiger partial charge on any atom is -0.324 e. The summed E-state index contributed by atoms with van der Waals surface area (Å²) >= 11 is 1.54. The van der Waals surface area contributed by atoms with Crippen LogP contribution in [0.25, 0.3) is 22.3 Å². The van der Waals surface area contributed by atoms with Gasteiger partial charge in [0.15, 0.2) is 5.65 Å². The molecule has 0 bridgehead atoms. The second-order valence-corrected chi connectivity index (χ2v) is 9.09. The van der Waals surface area contributed by atoms with E-state index in [-0.39, 0.29) is 11.8 Å². The van der Waals surface area contributed by atoms with Crippen molar-refractivity contribution in [3.63, 3.8) is 0 Å². The van der Waals surface area contributed by atoms with E-state index >= 15 is 0 Å². The summed E-state index contributed by atoms with van der Waals surface area (Å²) in [6, 6.07) is 19.6. The number of pyridine rings is 1. The molecule has 1 unspecified atom stereocenters. The van der Waals surface area contributed by atoms with Gasteiger partial charge in [0.1, 0.15) is 6.04 Å². The lowest BCUT2D eigenvalue weighted by Crippen LogP contribution is -2.44. The highest BCUT2D eigenvalue weighted by atomic mass is 32.2. The monoisotopic (exact) mass is 482 g/mol. The fourth-order valence-electron chi connectivity index (χ4n) is 4.08. The van der Waals surface area contributed by atoms with Gasteiger partial charge in [0.05, 0.1) is 40.3 Å². The van der Waals surface area contributed by atoms with Crippen molar-refractivity contribution >= 4 is 40.3 Å². The molecule has 9 heteroatoms. The first-order valence-electron chi connectivity index (χ1n) is 11.2. The third kappa shape index (κ3) is 4.36. The van der Waals surface area contributed by atoms with E-state index in [1.54, 1.807) is 46.1 Å². The van der Waals surface area contributed by atoms with Crippen molar-refractivity contribution in [2.45, 2.75) is 19.5 Å². The fourth-order valence-corrected chi connectivity index (χ4v) is 5.24. The van der Waals surface area contributed by atoms with Gasteiger partial charge < -0.3 is 10.2 Å². The number of aryl methyl sites for hydroxylation is 1. The quantitative estimate of drug-likeness (QED) is 0.458. The van der Waals surface area contributed by atoms with Gasteiger partial charge in [-0.05, 0) is 37.3 Å². The molecule has 1 N–H and O–H groups in total. The van der Waals surface area contributed by atoms with E-state index in [9.17, 15) is 9.59 Å². The minimum atomic E-state index is -0.618. The van der Waals surface area contributed by atoms with Gasteiger partial charge in [-0.3, -0.25) is 9.59 Å². The molecule has 0 saturated carbocycles. The zero-order valence-electron chi connectivity index (χ0n) is 19.0. The molecule has 35 heavy (non-hydrogen) atoms. The van der Waals surface area contributed by atoms with Gasteiger partial charge in [-0.15, -0.1) is 11.8 Å². The van der Waals surface area contributed by atoms with E-state index in [4.69, 9.17) is 10.2 Å². The molecule has 174 valence electrons. The van der Waals surface area contributed by atoms with Gasteiger partial charge in [-0.25, -0.2) is 9.67 Å². The number of amides is 2. The summed E-state index contributed by atoms with van der Waals surface area (Å²) in [5.41, 5.74) is 3.80. The number of anilines is 1. The van der Waals surface area contributed by atoms with Crippen LogP contribution in [0.2, 0.25) is 0 Å². The number of hydrogen-bond acceptors (Lipinski definition) is 6. The summed E-state index contributed by atoms with van der Waals surface area (Å²) in [6.07, 6.45) is 1.67. The van der Waals surface area contributed by atoms with Crippen LogP contribution in [-0.4, -0.2) is 49.2 Å². The lowest BCUT2D eigenvalue weighted by Gasteiger charge is -2.23. The molecule has 1 saturated heterocycles. The number of nitrogens with zero attached hydrogens (tertiary/aromatic N) is 5. The summed E-state index contributed by atoms with van der Waals surface area (Å²) in [6.45, 7) is 2.60. The number of carbonyl (C=O) groups excluding carboxylic acids is 2. The molecule has 1 fully saturated rings. The Morgan fingerprint density at radius 3 is 2.66 bits per heavy atom. The zero-order valence-corrected chi connectivity index (χ0v) is 19.8. The molecule has 3 heterocycles. The lowest BCUT2D eigenvalue weighted by molar-refractivity contribution is -0.119. The Morgan fingerprint density at radius 2 is 1.94 bits per heavy atom. The topological polar surface area (TPSA) is 104 Å². The molecule has 5 rings (SSSR count). The molecule has 8 nitrogen and oxygen atoms in total. The number of rotatable bonds is 5. The molecular weight excluding hydrogens is 460 g/mol. The molecule has 2 amide bonds. The number of nitrogens with one attached hydrogen (secondary N) is 1. The molecule has 1 aliphatic rings. The maximum absolute atomic E-state index is 13.8. The average molecular weight is 483 g/mol. The van der Waals surface area contributed by atoms with Crippen LogP contribution in [-0.2, 0) is 11.3 Å². The van der Waals surface area contributed by atoms with Crippen LogP contribution < -0.4 is 5.32 Å². The maximum atomic E-state index is 13.8. The van der Waals surface area contributed by atoms with Crippen LogP contribution in [0, 0.1) is 11.3 Å². The Hall–Kier alpha value is -4.16. The summed E-state index contributed by atoms with van der Waals surface area (Å²) in [4.78, 5) is 33.3. The highest BCUT2D eigenvalue weighted by Gasteiger charge is 2.36. The van der Waals surface area contributed by atoms with Gasteiger partial charge in [0, 0.05) is 23.5 Å². The molecule has 2 aromatic heterocycles. The molecule has 0 radical (unpaired) electrons. The van der Waals surface area contributed by atoms with Crippen LogP contribution in [0.4, 0.5) is 5.69 Å². The largest absolute Gasteiger partial charge is 0.324 e. The number of benzene rings is 2. The van der Waals surface area contributed by atoms with Crippen molar-refractivity contribution in [1.29, 1.82) is 5.26 Å². The Kier molecular flexibility index (Phi) is 6.21. The molecule has 0 spiro atoms. The third-order valence-electron chi connectivity index (χ3n) is 5.94. The highest BCUT2D eigenvalue weighted by molar-refractivity contribution is 7.99. The Labute approximate surface area is 206 Å². The van der Waals surface area contributed by atoms with Crippen LogP contribution in [0.15, 0.2) is 66.9 Å². The van der Waals surface area contributed by atoms with Gasteiger partial charge >= 0.3 is 0 Å². The number of hydrogen-bond donors (Lipinski definition) is 1. The van der Waals surface area contributed by atoms with Crippen molar-refractivity contribution in [3.8, 4) is 17.3 Å². The van der Waals surface area contributed by atoms with Gasteiger partial charge in [0.25, 0.3) is 5.91 Å². The van der Waals surface area contributed by atoms with Gasteiger partial charge in [-0.2, -0.15) is 10.4 Å². The summed E-state index contributed by atoms with van der Waals surface area (Å²) in [5, 5.41) is 16.9. The van der Waals surface area contributed by atoms with E-state index in [2.05, 4.69) is 16.5 Å². The van der Waals surface area contributed by atoms with Crippen molar-refractivity contribution in [2.24, 2.45) is 0 Å². The molecule has 1 aliphatic heterocycles. The number of thioether (sulfide) groups is 1. The Bertz CT molecular complexity index is 1440. The second kappa shape index (κ2) is 9.60. The van der Waals surface area contributed by atoms with Crippen LogP contribution in [0.5, 0.6) is 0 Å². The Morgan fingerprint density at radius 1 is 1.17 bits per heavy atom. The molecule has 0 aliphatic carbocycles. The highest BCUT2D eigenvalue weighted by Crippen LogP contribution is 2.30. The van der Waals surface area contributed by atoms with Crippen LogP contribution in [0.3, 0.4) is 0 Å². The number of aromatic nitrogens is 3. The zero-order chi connectivity index (χ0) is 24.4. The van der Waals surface area contributed by atoms with E-state index in [1.165, 1.54) is 11.8 Å². The van der Waals surface area contributed by atoms with Crippen molar-refractivity contribution in [3.05, 3.63) is 78.0 Å². The minimum absolute atomic E-state index is 0.227. The maximum Gasteiger partial charge on any atom is 0.256 e. The van der Waals surface area contributed by atoms with Crippen molar-refractivity contribution in [2.75, 3.05) is 16.9 Å². The predicted molar refractivity (Wildman–Crippen MR) is 136 cm³/mol. The number of nitriles is 1. The van der Waals surface area contributed by atoms with Crippen molar-refractivity contribution in [1.82, 2.24) is 19.7 Å². The average Bonchev–Trinajstić information content (AvgIpc) is 3.56. The normalized spacial score (nSPS) is 15.2. The number of fused-ring (bicyclic) bond motifs is 1. The third-order valence-corrected chi connectivity index (χ3v) is 6.95. The summed E-state index contributed by atoms with van der Waals surface area (Å²) < 4.78 is 1.77. The molecule has 1 atom stereocenters. The van der Waals surface area contributed by atoms with Gasteiger partial charge in [0.2, 0.25) is 5.91 Å². The first-order chi connectivity index (χ1) is 17.1. The van der Waals surface area contributed by atoms with Crippen molar-refractivity contribution < 1.29 is 9.59 Å². The van der Waals surface area contributed by atoms with E-state index < -0.39 is 6.04 Å². The molecule has 2 aromatic carbocycles. The predicted octanol–water partition coefficient (Wildman–Crippen LogP) is 4.14. The second-order valence-electron chi connectivity index (χ2n) is 8.09. The smallest absolute Gasteiger partial charge is 0.256 e.